The molecule has 0 unspecified atom stereocenters. The van der Waals surface area contributed by atoms with E-state index in [1.54, 1.807) is 12.4 Å². The van der Waals surface area contributed by atoms with Crippen LogP contribution in [0.1, 0.15) is 22.4 Å². The molecular weight excluding hydrogens is 262 g/mol. The summed E-state index contributed by atoms with van der Waals surface area (Å²) in [4.78, 5) is 4.18. The first-order valence-corrected chi connectivity index (χ1v) is 6.74. The average Bonchev–Trinajstić information content (AvgIpc) is 2.49. The van der Waals surface area contributed by atoms with Gasteiger partial charge in [0, 0.05) is 11.8 Å². The molecule has 0 aliphatic rings. The molecule has 1 aromatic heterocycles. The van der Waals surface area contributed by atoms with Gasteiger partial charge in [-0.2, -0.15) is 5.10 Å². The van der Waals surface area contributed by atoms with E-state index in [9.17, 15) is 0 Å². The predicted octanol–water partition coefficient (Wildman–Crippen LogP) is 2.35. The van der Waals surface area contributed by atoms with Gasteiger partial charge in [-0.05, 0) is 37.1 Å². The quantitative estimate of drug-likeness (QED) is 0.457. The molecule has 108 valence electrons. The van der Waals surface area contributed by atoms with Crippen LogP contribution in [0.25, 0.3) is 0 Å². The van der Waals surface area contributed by atoms with Crippen LogP contribution in [0.2, 0.25) is 0 Å². The Morgan fingerprint density at radius 3 is 2.62 bits per heavy atom. The van der Waals surface area contributed by atoms with E-state index in [1.807, 2.05) is 50.2 Å². The molecule has 0 radical (unpaired) electrons. The first-order chi connectivity index (χ1) is 10.2. The zero-order valence-corrected chi connectivity index (χ0v) is 12.2. The minimum absolute atomic E-state index is 0.142. The number of guanidine groups is 1. The van der Waals surface area contributed by atoms with Crippen molar-refractivity contribution in [1.29, 1.82) is 5.41 Å². The highest BCUT2D eigenvalue weighted by Gasteiger charge is 1.99. The van der Waals surface area contributed by atoms with Gasteiger partial charge in [0.2, 0.25) is 5.96 Å². The van der Waals surface area contributed by atoms with Crippen molar-refractivity contribution in [3.63, 3.8) is 0 Å². The van der Waals surface area contributed by atoms with Gasteiger partial charge in [0.05, 0.1) is 18.5 Å². The van der Waals surface area contributed by atoms with Crippen LogP contribution in [0.5, 0.6) is 0 Å². The molecule has 5 heteroatoms. The Morgan fingerprint density at radius 1 is 1.19 bits per heavy atom. The second kappa shape index (κ2) is 7.19. The van der Waals surface area contributed by atoms with E-state index >= 15 is 0 Å². The highest BCUT2D eigenvalue weighted by atomic mass is 15.4. The molecule has 2 aromatic rings. The summed E-state index contributed by atoms with van der Waals surface area (Å²) in [6, 6.07) is 11.8. The molecular formula is C16H19N5. The number of benzene rings is 1. The summed E-state index contributed by atoms with van der Waals surface area (Å²) in [5, 5.41) is 14.8. The van der Waals surface area contributed by atoms with E-state index in [-0.39, 0.29) is 5.96 Å². The van der Waals surface area contributed by atoms with E-state index in [4.69, 9.17) is 5.41 Å². The van der Waals surface area contributed by atoms with Gasteiger partial charge in [-0.15, -0.1) is 0 Å². The maximum atomic E-state index is 7.75. The van der Waals surface area contributed by atoms with Gasteiger partial charge in [0.25, 0.3) is 0 Å². The number of hydrogen-bond acceptors (Lipinski definition) is 3. The van der Waals surface area contributed by atoms with Crippen molar-refractivity contribution in [1.82, 2.24) is 15.7 Å². The van der Waals surface area contributed by atoms with Gasteiger partial charge in [0.1, 0.15) is 0 Å². The van der Waals surface area contributed by atoms with E-state index in [0.29, 0.717) is 6.54 Å². The molecule has 0 aliphatic heterocycles. The van der Waals surface area contributed by atoms with E-state index in [0.717, 1.165) is 22.4 Å². The maximum Gasteiger partial charge on any atom is 0.209 e. The number of nitrogens with zero attached hydrogens (tertiary/aromatic N) is 2. The first-order valence-electron chi connectivity index (χ1n) is 6.74. The molecule has 0 aliphatic carbocycles. The Labute approximate surface area is 124 Å². The summed E-state index contributed by atoms with van der Waals surface area (Å²) in [6.45, 7) is 4.57. The second-order valence-corrected chi connectivity index (χ2v) is 4.73. The molecule has 1 heterocycles. The Hall–Kier alpha value is -2.69. The molecule has 1 aromatic carbocycles. The third kappa shape index (κ3) is 4.42. The van der Waals surface area contributed by atoms with Gasteiger partial charge in [-0.1, -0.05) is 24.3 Å². The van der Waals surface area contributed by atoms with Crippen LogP contribution in [-0.2, 0) is 6.54 Å². The molecule has 0 bridgehead atoms. The number of aryl methyl sites for hydroxylation is 2. The fourth-order valence-electron chi connectivity index (χ4n) is 1.91. The number of nitrogens with one attached hydrogen (secondary N) is 3. The van der Waals surface area contributed by atoms with E-state index < -0.39 is 0 Å². The zero-order chi connectivity index (χ0) is 15.1. The van der Waals surface area contributed by atoms with Crippen molar-refractivity contribution in [2.24, 2.45) is 5.10 Å². The lowest BCUT2D eigenvalue weighted by molar-refractivity contribution is 0.815. The van der Waals surface area contributed by atoms with Crippen LogP contribution in [0.15, 0.2) is 47.7 Å². The highest BCUT2D eigenvalue weighted by Crippen LogP contribution is 2.09. The number of pyridine rings is 1. The monoisotopic (exact) mass is 281 g/mol. The van der Waals surface area contributed by atoms with Gasteiger partial charge in [-0.25, -0.2) is 5.43 Å². The Bertz CT molecular complexity index is 614. The number of hydrogen-bond donors (Lipinski definition) is 3. The minimum atomic E-state index is 0.142. The van der Waals surface area contributed by atoms with Crippen LogP contribution < -0.4 is 10.7 Å². The van der Waals surface area contributed by atoms with Crippen molar-refractivity contribution in [2.45, 2.75) is 20.4 Å². The normalized spacial score (nSPS) is 10.6. The van der Waals surface area contributed by atoms with Gasteiger partial charge >= 0.3 is 0 Å². The van der Waals surface area contributed by atoms with Crippen molar-refractivity contribution in [3.05, 3.63) is 65.0 Å². The molecule has 3 N–H and O–H groups in total. The zero-order valence-electron chi connectivity index (χ0n) is 12.2. The van der Waals surface area contributed by atoms with Crippen molar-refractivity contribution in [2.75, 3.05) is 0 Å². The summed E-state index contributed by atoms with van der Waals surface area (Å²) in [5.74, 6) is 0.142. The molecule has 0 saturated heterocycles. The second-order valence-electron chi connectivity index (χ2n) is 4.73. The molecule has 5 nitrogen and oxygen atoms in total. The molecule has 0 atom stereocenters. The van der Waals surface area contributed by atoms with Gasteiger partial charge < -0.3 is 5.32 Å². The summed E-state index contributed by atoms with van der Waals surface area (Å²) in [7, 11) is 0. The van der Waals surface area contributed by atoms with Crippen LogP contribution in [0.4, 0.5) is 0 Å². The predicted molar refractivity (Wildman–Crippen MR) is 85.4 cm³/mol. The molecule has 0 fully saturated rings. The lowest BCUT2D eigenvalue weighted by Gasteiger charge is -2.07. The third-order valence-electron chi connectivity index (χ3n) is 3.08. The molecule has 0 amide bonds. The smallest absolute Gasteiger partial charge is 0.209 e. The van der Waals surface area contributed by atoms with Crippen LogP contribution in [0.3, 0.4) is 0 Å². The highest BCUT2D eigenvalue weighted by molar-refractivity contribution is 5.85. The van der Waals surface area contributed by atoms with Gasteiger partial charge in [0.15, 0.2) is 0 Å². The minimum Gasteiger partial charge on any atom is -0.349 e. The number of hydrazone groups is 1. The molecule has 0 spiro atoms. The van der Waals surface area contributed by atoms with E-state index in [1.165, 1.54) is 0 Å². The summed E-state index contributed by atoms with van der Waals surface area (Å²) < 4.78 is 0. The third-order valence-corrected chi connectivity index (χ3v) is 3.08. The number of rotatable bonds is 4. The summed E-state index contributed by atoms with van der Waals surface area (Å²) in [5.41, 5.74) is 6.94. The van der Waals surface area contributed by atoms with Crippen molar-refractivity contribution >= 4 is 12.2 Å². The summed E-state index contributed by atoms with van der Waals surface area (Å²) >= 11 is 0. The molecule has 21 heavy (non-hydrogen) atoms. The Balaban J connectivity index is 1.85. The lowest BCUT2D eigenvalue weighted by atomic mass is 10.0. The Morgan fingerprint density at radius 2 is 1.95 bits per heavy atom. The fraction of sp³-hybridized carbons (Fsp3) is 0.188. The average molecular weight is 281 g/mol. The van der Waals surface area contributed by atoms with Crippen LogP contribution in [-0.4, -0.2) is 17.2 Å². The molecule has 0 saturated carbocycles. The maximum absolute atomic E-state index is 7.75. The van der Waals surface area contributed by atoms with Crippen LogP contribution >= 0.6 is 0 Å². The topological polar surface area (TPSA) is 73.2 Å². The SMILES string of the molecule is Cc1cccc(C)c1/C=N/NC(=N)NCc1ccccn1. The standard InChI is InChI=1S/C16H19N5/c1-12-6-5-7-13(2)15(12)11-20-21-16(17)19-10-14-8-3-4-9-18-14/h3-9,11H,10H2,1-2H3,(H3,17,19,21)/b20-11+. The van der Waals surface area contributed by atoms with E-state index in [2.05, 4.69) is 20.8 Å². The van der Waals surface area contributed by atoms with Crippen LogP contribution in [0, 0.1) is 19.3 Å². The fourth-order valence-corrected chi connectivity index (χ4v) is 1.91. The Kier molecular flexibility index (Phi) is 5.04. The van der Waals surface area contributed by atoms with Crippen molar-refractivity contribution in [3.8, 4) is 0 Å². The number of aromatic nitrogens is 1. The molecule has 2 rings (SSSR count). The van der Waals surface area contributed by atoms with Gasteiger partial charge in [-0.3, -0.25) is 10.4 Å². The van der Waals surface area contributed by atoms with Crippen molar-refractivity contribution < 1.29 is 0 Å². The summed E-state index contributed by atoms with van der Waals surface area (Å²) in [6.07, 6.45) is 3.47. The first kappa shape index (κ1) is 14.7. The largest absolute Gasteiger partial charge is 0.349 e. The lowest BCUT2D eigenvalue weighted by Crippen LogP contribution is -2.32.